The number of thiazole rings is 1. The average Bonchev–Trinajstić information content (AvgIpc) is 3.32. The van der Waals surface area contributed by atoms with E-state index in [2.05, 4.69) is 58.8 Å². The van der Waals surface area contributed by atoms with E-state index >= 15 is 0 Å². The molecular formula is C23H31ClN4OS. The summed E-state index contributed by atoms with van der Waals surface area (Å²) in [7, 11) is 3.89. The highest BCUT2D eigenvalue weighted by Crippen LogP contribution is 2.32. The maximum atomic E-state index is 5.26. The van der Waals surface area contributed by atoms with Gasteiger partial charge in [0.2, 0.25) is 0 Å². The molecule has 2 aromatic heterocycles. The van der Waals surface area contributed by atoms with E-state index in [0.717, 1.165) is 55.7 Å². The van der Waals surface area contributed by atoms with Crippen LogP contribution < -0.4 is 9.64 Å². The summed E-state index contributed by atoms with van der Waals surface area (Å²) in [4.78, 5) is 9.77. The molecule has 7 heteroatoms. The largest absolute Gasteiger partial charge is 0.497 e. The van der Waals surface area contributed by atoms with Gasteiger partial charge in [0.1, 0.15) is 5.75 Å². The van der Waals surface area contributed by atoms with Crippen molar-refractivity contribution >= 4 is 28.9 Å². The number of anilines is 1. The zero-order chi connectivity index (χ0) is 20.4. The maximum Gasteiger partial charge on any atom is 0.185 e. The first-order valence-corrected chi connectivity index (χ1v) is 11.1. The number of methoxy groups -OCH3 is 1. The molecule has 1 fully saturated rings. The summed E-state index contributed by atoms with van der Waals surface area (Å²) in [5.74, 6) is 0.907. The zero-order valence-corrected chi connectivity index (χ0v) is 19.9. The molecule has 5 nitrogen and oxygen atoms in total. The standard InChI is InChI=1S/C23H30N4OS.ClH/c1-17-15-21(22-16-29-23(24-22)26-13-11-25(3)12-14-26)18(2)27(17)10-9-19-5-7-20(28-4)8-6-19;/h5-8,15-16H,9-14H2,1-4H3;1H. The Morgan fingerprint density at radius 1 is 1.07 bits per heavy atom. The minimum absolute atomic E-state index is 0. The van der Waals surface area contributed by atoms with Crippen molar-refractivity contribution in [2.45, 2.75) is 26.8 Å². The van der Waals surface area contributed by atoms with Crippen LogP contribution in [0.1, 0.15) is 17.0 Å². The summed E-state index contributed by atoms with van der Waals surface area (Å²) in [5.41, 5.74) is 6.28. The monoisotopic (exact) mass is 446 g/mol. The van der Waals surface area contributed by atoms with E-state index in [0.29, 0.717) is 0 Å². The summed E-state index contributed by atoms with van der Waals surface area (Å²) < 4.78 is 7.67. The van der Waals surface area contributed by atoms with Gasteiger partial charge in [0.15, 0.2) is 5.13 Å². The Morgan fingerprint density at radius 2 is 1.77 bits per heavy atom. The van der Waals surface area contributed by atoms with Crippen molar-refractivity contribution in [3.05, 3.63) is 52.7 Å². The highest BCUT2D eigenvalue weighted by Gasteiger charge is 2.19. The minimum Gasteiger partial charge on any atom is -0.497 e. The number of benzene rings is 1. The van der Waals surface area contributed by atoms with Gasteiger partial charge in [-0.1, -0.05) is 12.1 Å². The van der Waals surface area contributed by atoms with Crippen LogP contribution in [0.4, 0.5) is 5.13 Å². The third-order valence-corrected chi connectivity index (χ3v) is 6.80. The molecule has 0 amide bonds. The van der Waals surface area contributed by atoms with E-state index in [4.69, 9.17) is 9.72 Å². The van der Waals surface area contributed by atoms with E-state index in [1.807, 2.05) is 12.1 Å². The Kier molecular flexibility index (Phi) is 7.45. The number of piperazine rings is 1. The molecule has 0 bridgehead atoms. The average molecular weight is 447 g/mol. The molecule has 3 aromatic rings. The fourth-order valence-corrected chi connectivity index (χ4v) is 4.85. The highest BCUT2D eigenvalue weighted by molar-refractivity contribution is 7.14. The van der Waals surface area contributed by atoms with Crippen molar-refractivity contribution in [1.29, 1.82) is 0 Å². The number of ether oxygens (including phenoxy) is 1. The van der Waals surface area contributed by atoms with E-state index in [9.17, 15) is 0 Å². The number of aromatic nitrogens is 2. The van der Waals surface area contributed by atoms with Gasteiger partial charge in [-0.15, -0.1) is 23.7 Å². The Labute approximate surface area is 189 Å². The molecule has 1 aliphatic rings. The number of halogens is 1. The summed E-state index contributed by atoms with van der Waals surface area (Å²) >= 11 is 1.76. The number of nitrogens with zero attached hydrogens (tertiary/aromatic N) is 4. The molecule has 0 aliphatic carbocycles. The van der Waals surface area contributed by atoms with Crippen LogP contribution in [0.15, 0.2) is 35.7 Å². The third kappa shape index (κ3) is 4.82. The molecule has 0 radical (unpaired) electrons. The number of likely N-dealkylation sites (N-methyl/N-ethyl adjacent to an activating group) is 1. The van der Waals surface area contributed by atoms with Gasteiger partial charge in [0.05, 0.1) is 12.8 Å². The van der Waals surface area contributed by atoms with Gasteiger partial charge >= 0.3 is 0 Å². The van der Waals surface area contributed by atoms with Crippen LogP contribution in [0, 0.1) is 13.8 Å². The van der Waals surface area contributed by atoms with Crippen LogP contribution in [-0.4, -0.2) is 54.8 Å². The van der Waals surface area contributed by atoms with E-state index < -0.39 is 0 Å². The van der Waals surface area contributed by atoms with Gasteiger partial charge in [-0.3, -0.25) is 0 Å². The van der Waals surface area contributed by atoms with Gasteiger partial charge in [0.25, 0.3) is 0 Å². The quantitative estimate of drug-likeness (QED) is 0.551. The van der Waals surface area contributed by atoms with Crippen LogP contribution in [0.3, 0.4) is 0 Å². The van der Waals surface area contributed by atoms with Crippen LogP contribution >= 0.6 is 23.7 Å². The molecule has 4 rings (SSSR count). The van der Waals surface area contributed by atoms with Gasteiger partial charge < -0.3 is 19.1 Å². The zero-order valence-electron chi connectivity index (χ0n) is 18.2. The van der Waals surface area contributed by atoms with Gasteiger partial charge in [-0.25, -0.2) is 4.98 Å². The van der Waals surface area contributed by atoms with Gasteiger partial charge in [-0.2, -0.15) is 0 Å². The first-order valence-electron chi connectivity index (χ1n) is 10.2. The lowest BCUT2D eigenvalue weighted by Crippen LogP contribution is -2.44. The first kappa shape index (κ1) is 22.7. The molecule has 0 N–H and O–H groups in total. The lowest BCUT2D eigenvalue weighted by molar-refractivity contribution is 0.313. The Morgan fingerprint density at radius 3 is 2.43 bits per heavy atom. The van der Waals surface area contributed by atoms with Crippen molar-refractivity contribution in [3.63, 3.8) is 0 Å². The van der Waals surface area contributed by atoms with Crippen LogP contribution in [0.25, 0.3) is 11.3 Å². The van der Waals surface area contributed by atoms with Gasteiger partial charge in [-0.05, 0) is 51.1 Å². The molecule has 0 atom stereocenters. The number of hydrogen-bond donors (Lipinski definition) is 0. The Hall–Kier alpha value is -2.02. The molecule has 0 unspecified atom stereocenters. The molecule has 1 aromatic carbocycles. The van der Waals surface area contributed by atoms with Crippen molar-refractivity contribution < 1.29 is 4.74 Å². The fourth-order valence-electron chi connectivity index (χ4n) is 3.97. The molecule has 3 heterocycles. The summed E-state index contributed by atoms with van der Waals surface area (Å²) in [6.45, 7) is 9.71. The normalized spacial score (nSPS) is 14.6. The van der Waals surface area contributed by atoms with Crippen LogP contribution in [-0.2, 0) is 13.0 Å². The van der Waals surface area contributed by atoms with Gasteiger partial charge in [0, 0.05) is 55.1 Å². The predicted molar refractivity (Wildman–Crippen MR) is 129 cm³/mol. The Balaban J connectivity index is 0.00000256. The Bertz CT molecular complexity index is 958. The number of rotatable bonds is 6. The fraction of sp³-hybridized carbons (Fsp3) is 0.435. The molecule has 0 saturated carbocycles. The summed E-state index contributed by atoms with van der Waals surface area (Å²) in [5, 5.41) is 3.36. The molecule has 1 aliphatic heterocycles. The molecular weight excluding hydrogens is 416 g/mol. The molecule has 162 valence electrons. The smallest absolute Gasteiger partial charge is 0.185 e. The second-order valence-electron chi connectivity index (χ2n) is 7.84. The lowest BCUT2D eigenvalue weighted by atomic mass is 10.1. The van der Waals surface area contributed by atoms with E-state index in [1.165, 1.54) is 22.5 Å². The third-order valence-electron chi connectivity index (χ3n) is 5.90. The maximum absolute atomic E-state index is 5.26. The summed E-state index contributed by atoms with van der Waals surface area (Å²) in [6, 6.07) is 10.6. The van der Waals surface area contributed by atoms with Crippen molar-refractivity contribution in [2.24, 2.45) is 0 Å². The second kappa shape index (κ2) is 9.86. The van der Waals surface area contributed by atoms with Crippen molar-refractivity contribution in [2.75, 3.05) is 45.2 Å². The van der Waals surface area contributed by atoms with Crippen LogP contribution in [0.2, 0.25) is 0 Å². The van der Waals surface area contributed by atoms with Crippen molar-refractivity contribution in [1.82, 2.24) is 14.5 Å². The van der Waals surface area contributed by atoms with E-state index in [-0.39, 0.29) is 12.4 Å². The first-order chi connectivity index (χ1) is 14.0. The minimum atomic E-state index is 0. The molecule has 0 spiro atoms. The highest BCUT2D eigenvalue weighted by atomic mass is 35.5. The molecule has 1 saturated heterocycles. The summed E-state index contributed by atoms with van der Waals surface area (Å²) in [6.07, 6.45) is 1.00. The van der Waals surface area contributed by atoms with Crippen molar-refractivity contribution in [3.8, 4) is 17.0 Å². The number of hydrogen-bond acceptors (Lipinski definition) is 5. The SMILES string of the molecule is COc1ccc(CCn2c(C)cc(-c3csc(N4CCN(C)CC4)n3)c2C)cc1.Cl. The number of aryl methyl sites for hydroxylation is 2. The topological polar surface area (TPSA) is 33.5 Å². The van der Waals surface area contributed by atoms with E-state index in [1.54, 1.807) is 18.4 Å². The lowest BCUT2D eigenvalue weighted by Gasteiger charge is -2.32. The second-order valence-corrected chi connectivity index (χ2v) is 8.68. The van der Waals surface area contributed by atoms with Crippen LogP contribution in [0.5, 0.6) is 5.75 Å². The predicted octanol–water partition coefficient (Wildman–Crippen LogP) is 4.65. The molecule has 30 heavy (non-hydrogen) atoms.